The quantitative estimate of drug-likeness (QED) is 0.184. The fourth-order valence-electron chi connectivity index (χ4n) is 7.48. The lowest BCUT2D eigenvalue weighted by molar-refractivity contribution is 0.589. The van der Waals surface area contributed by atoms with Crippen molar-refractivity contribution in [3.63, 3.8) is 0 Å². The van der Waals surface area contributed by atoms with Gasteiger partial charge in [0.2, 0.25) is 5.89 Å². The van der Waals surface area contributed by atoms with Gasteiger partial charge >= 0.3 is 0 Å². The van der Waals surface area contributed by atoms with Gasteiger partial charge in [-0.3, -0.25) is 0 Å². The van der Waals surface area contributed by atoms with Crippen molar-refractivity contribution in [1.82, 2.24) is 9.55 Å². The summed E-state index contributed by atoms with van der Waals surface area (Å²) in [7, 11) is 0. The molecule has 0 radical (unpaired) electrons. The summed E-state index contributed by atoms with van der Waals surface area (Å²) in [6.45, 7) is 8.79. The van der Waals surface area contributed by atoms with Crippen LogP contribution in [-0.4, -0.2) is 9.55 Å². The first-order valence-corrected chi connectivity index (χ1v) is 17.6. The van der Waals surface area contributed by atoms with Gasteiger partial charge in [-0.1, -0.05) is 136 Å². The highest BCUT2D eigenvalue weighted by molar-refractivity contribution is 6.09. The van der Waals surface area contributed by atoms with Gasteiger partial charge < -0.3 is 8.98 Å². The monoisotopic (exact) mass is 658 g/mol. The van der Waals surface area contributed by atoms with E-state index in [1.807, 2.05) is 0 Å². The van der Waals surface area contributed by atoms with Gasteiger partial charge in [-0.25, -0.2) is 4.98 Å². The van der Waals surface area contributed by atoms with Crippen molar-refractivity contribution >= 4 is 32.9 Å². The average molecular weight is 659 g/mol. The fraction of sp³-hybridized carbons (Fsp3) is 0.104. The SMILES string of the molecule is Cc1cc(C(C)(C)C)cc2nc(-c3ccc(-c4ccccc4-c4ccccc4-c4ccc(-n5c6ccccc6c6ccccc65)cc4)cc3)oc12. The summed E-state index contributed by atoms with van der Waals surface area (Å²) >= 11 is 0. The molecule has 0 aliphatic carbocycles. The van der Waals surface area contributed by atoms with Crippen LogP contribution in [0.1, 0.15) is 31.9 Å². The van der Waals surface area contributed by atoms with Gasteiger partial charge in [0.25, 0.3) is 0 Å². The highest BCUT2D eigenvalue weighted by Gasteiger charge is 2.19. The highest BCUT2D eigenvalue weighted by Crippen LogP contribution is 2.40. The molecule has 0 bridgehead atoms. The van der Waals surface area contributed by atoms with Crippen molar-refractivity contribution in [1.29, 1.82) is 0 Å². The summed E-state index contributed by atoms with van der Waals surface area (Å²) in [6, 6.07) is 56.7. The number of hydrogen-bond acceptors (Lipinski definition) is 2. The Balaban J connectivity index is 1.07. The third kappa shape index (κ3) is 5.34. The third-order valence-electron chi connectivity index (χ3n) is 10.1. The van der Waals surface area contributed by atoms with E-state index in [2.05, 4.69) is 190 Å². The number of oxazole rings is 1. The summed E-state index contributed by atoms with van der Waals surface area (Å²) in [5, 5.41) is 2.54. The molecule has 2 aromatic heterocycles. The van der Waals surface area contributed by atoms with E-state index in [1.54, 1.807) is 0 Å². The number of aryl methyl sites for hydroxylation is 1. The second-order valence-corrected chi connectivity index (χ2v) is 14.5. The zero-order chi connectivity index (χ0) is 34.7. The molecule has 0 amide bonds. The van der Waals surface area contributed by atoms with Crippen LogP contribution in [0.25, 0.3) is 83.4 Å². The standard InChI is InChI=1S/C48H38N2O/c1-31-29-35(48(2,3)4)30-43-46(31)51-47(49-43)34-23-21-32(22-24-34)37-13-5-7-15-39(37)40-16-8-6-14-38(40)33-25-27-36(28-26-33)50-44-19-11-9-17-41(44)42-18-10-12-20-45(42)50/h5-30H,1-4H3. The summed E-state index contributed by atoms with van der Waals surface area (Å²) < 4.78 is 8.68. The topological polar surface area (TPSA) is 31.0 Å². The third-order valence-corrected chi connectivity index (χ3v) is 10.1. The van der Waals surface area contributed by atoms with E-state index in [9.17, 15) is 0 Å². The van der Waals surface area contributed by atoms with Crippen LogP contribution in [-0.2, 0) is 5.41 Å². The van der Waals surface area contributed by atoms with E-state index in [-0.39, 0.29) is 5.41 Å². The fourth-order valence-corrected chi connectivity index (χ4v) is 7.48. The van der Waals surface area contributed by atoms with Crippen molar-refractivity contribution in [2.45, 2.75) is 33.1 Å². The van der Waals surface area contributed by atoms with Gasteiger partial charge in [0.1, 0.15) is 5.52 Å². The molecule has 2 heterocycles. The lowest BCUT2D eigenvalue weighted by atomic mass is 9.86. The predicted molar refractivity (Wildman–Crippen MR) is 214 cm³/mol. The second kappa shape index (κ2) is 12.0. The number of benzene rings is 7. The summed E-state index contributed by atoms with van der Waals surface area (Å²) in [6.07, 6.45) is 0. The molecule has 0 spiro atoms. The number of nitrogens with zero attached hydrogens (tertiary/aromatic N) is 2. The van der Waals surface area contributed by atoms with Crippen LogP contribution in [0.5, 0.6) is 0 Å². The average Bonchev–Trinajstić information content (AvgIpc) is 3.75. The molecule has 3 heteroatoms. The van der Waals surface area contributed by atoms with E-state index in [0.29, 0.717) is 5.89 Å². The van der Waals surface area contributed by atoms with Gasteiger partial charge in [0.15, 0.2) is 5.58 Å². The molecule has 3 nitrogen and oxygen atoms in total. The van der Waals surface area contributed by atoms with Crippen LogP contribution >= 0.6 is 0 Å². The Labute approximate surface area is 298 Å². The summed E-state index contributed by atoms with van der Waals surface area (Å²) in [4.78, 5) is 4.91. The van der Waals surface area contributed by atoms with Crippen LogP contribution in [0.4, 0.5) is 0 Å². The summed E-state index contributed by atoms with van der Waals surface area (Å²) in [5.41, 5.74) is 15.8. The largest absolute Gasteiger partial charge is 0.436 e. The molecule has 0 aliphatic rings. The highest BCUT2D eigenvalue weighted by atomic mass is 16.3. The number of fused-ring (bicyclic) bond motifs is 4. The van der Waals surface area contributed by atoms with E-state index >= 15 is 0 Å². The van der Waals surface area contributed by atoms with Crippen molar-refractivity contribution < 1.29 is 4.42 Å². The Morgan fingerprint density at radius 3 is 1.53 bits per heavy atom. The van der Waals surface area contributed by atoms with Gasteiger partial charge in [-0.05, 0) is 99.3 Å². The van der Waals surface area contributed by atoms with Crippen LogP contribution in [0.2, 0.25) is 0 Å². The van der Waals surface area contributed by atoms with Crippen LogP contribution in [0.15, 0.2) is 162 Å². The molecule has 0 unspecified atom stereocenters. The van der Waals surface area contributed by atoms with Crippen molar-refractivity contribution in [3.05, 3.63) is 169 Å². The minimum absolute atomic E-state index is 0.0443. The van der Waals surface area contributed by atoms with Crippen LogP contribution in [0.3, 0.4) is 0 Å². The zero-order valence-corrected chi connectivity index (χ0v) is 29.3. The zero-order valence-electron chi connectivity index (χ0n) is 29.3. The maximum absolute atomic E-state index is 6.32. The molecule has 0 fully saturated rings. The van der Waals surface area contributed by atoms with E-state index < -0.39 is 0 Å². The molecule has 246 valence electrons. The van der Waals surface area contributed by atoms with Crippen LogP contribution in [0, 0.1) is 6.92 Å². The molecule has 7 aromatic carbocycles. The Hall–Kier alpha value is -6.19. The predicted octanol–water partition coefficient (Wildman–Crippen LogP) is 13.2. The van der Waals surface area contributed by atoms with Crippen molar-refractivity contribution in [2.24, 2.45) is 0 Å². The number of para-hydroxylation sites is 2. The van der Waals surface area contributed by atoms with Gasteiger partial charge in [-0.15, -0.1) is 0 Å². The normalized spacial score (nSPS) is 11.9. The molecule has 0 aliphatic heterocycles. The molecular weight excluding hydrogens is 621 g/mol. The Morgan fingerprint density at radius 2 is 0.980 bits per heavy atom. The Kier molecular flexibility index (Phi) is 7.25. The minimum Gasteiger partial charge on any atom is -0.436 e. The Bertz CT molecular complexity index is 2670. The maximum atomic E-state index is 6.32. The lowest BCUT2D eigenvalue weighted by Gasteiger charge is -2.19. The molecule has 0 saturated carbocycles. The molecule has 0 atom stereocenters. The second-order valence-electron chi connectivity index (χ2n) is 14.5. The minimum atomic E-state index is 0.0443. The Morgan fingerprint density at radius 1 is 0.510 bits per heavy atom. The van der Waals surface area contributed by atoms with Gasteiger partial charge in [0.05, 0.1) is 11.0 Å². The van der Waals surface area contributed by atoms with Gasteiger partial charge in [-0.2, -0.15) is 0 Å². The molecule has 0 saturated heterocycles. The van der Waals surface area contributed by atoms with E-state index in [1.165, 1.54) is 55.2 Å². The molecule has 9 aromatic rings. The summed E-state index contributed by atoms with van der Waals surface area (Å²) in [5.74, 6) is 0.647. The number of rotatable bonds is 5. The van der Waals surface area contributed by atoms with Crippen molar-refractivity contribution in [3.8, 4) is 50.5 Å². The van der Waals surface area contributed by atoms with E-state index in [4.69, 9.17) is 9.40 Å². The van der Waals surface area contributed by atoms with Crippen LogP contribution < -0.4 is 0 Å². The number of aromatic nitrogens is 2. The van der Waals surface area contributed by atoms with Crippen molar-refractivity contribution in [2.75, 3.05) is 0 Å². The first kappa shape index (κ1) is 30.8. The molecule has 0 N–H and O–H groups in total. The van der Waals surface area contributed by atoms with Gasteiger partial charge in [0, 0.05) is 22.0 Å². The molecular formula is C48H38N2O. The number of hydrogen-bond donors (Lipinski definition) is 0. The first-order valence-electron chi connectivity index (χ1n) is 17.6. The maximum Gasteiger partial charge on any atom is 0.227 e. The lowest BCUT2D eigenvalue weighted by Crippen LogP contribution is -2.11. The molecule has 9 rings (SSSR count). The molecule has 51 heavy (non-hydrogen) atoms. The van der Waals surface area contributed by atoms with E-state index in [0.717, 1.165) is 33.5 Å². The first-order chi connectivity index (χ1) is 24.8. The smallest absolute Gasteiger partial charge is 0.227 e.